The molecule has 1 aromatic rings. The van der Waals surface area contributed by atoms with Crippen molar-refractivity contribution < 1.29 is 19.1 Å². The monoisotopic (exact) mass is 290 g/mol. The summed E-state index contributed by atoms with van der Waals surface area (Å²) >= 11 is 0. The van der Waals surface area contributed by atoms with Crippen molar-refractivity contribution in [1.29, 1.82) is 0 Å². The first-order valence-corrected chi connectivity index (χ1v) is 6.66. The lowest BCUT2D eigenvalue weighted by Gasteiger charge is -2.28. The zero-order valence-electron chi connectivity index (χ0n) is 12.2. The Kier molecular flexibility index (Phi) is 4.47. The normalized spacial score (nSPS) is 17.9. The maximum atomic E-state index is 12.3. The van der Waals surface area contributed by atoms with E-state index in [1.165, 1.54) is 0 Å². The second kappa shape index (κ2) is 6.30. The molecule has 0 fully saturated rings. The highest BCUT2D eigenvalue weighted by molar-refractivity contribution is 5.98. The summed E-state index contributed by atoms with van der Waals surface area (Å²) in [6.45, 7) is 3.68. The molecule has 1 heterocycles. The second-order valence-electron chi connectivity index (χ2n) is 4.53. The van der Waals surface area contributed by atoms with Gasteiger partial charge in [-0.05, 0) is 19.9 Å². The molecule has 112 valence electrons. The zero-order valence-corrected chi connectivity index (χ0v) is 12.2. The summed E-state index contributed by atoms with van der Waals surface area (Å²) in [5.74, 6) is -0.264. The van der Waals surface area contributed by atoms with Gasteiger partial charge in [0.15, 0.2) is 0 Å². The van der Waals surface area contributed by atoms with Gasteiger partial charge in [0.05, 0.1) is 13.7 Å². The molecule has 0 bridgehead atoms. The SMILES string of the molecule is CCOC(=O)C1=C(C)NC(c2ccccc2OC)C(=O)N1. The van der Waals surface area contributed by atoms with Gasteiger partial charge in [0, 0.05) is 11.3 Å². The quantitative estimate of drug-likeness (QED) is 0.816. The number of esters is 1. The van der Waals surface area contributed by atoms with Crippen LogP contribution in [0.25, 0.3) is 0 Å². The average molecular weight is 290 g/mol. The van der Waals surface area contributed by atoms with Gasteiger partial charge in [-0.2, -0.15) is 0 Å². The smallest absolute Gasteiger partial charge is 0.356 e. The van der Waals surface area contributed by atoms with Crippen LogP contribution in [0.15, 0.2) is 35.7 Å². The molecule has 1 aliphatic heterocycles. The molecule has 2 rings (SSSR count). The minimum absolute atomic E-state index is 0.146. The first-order chi connectivity index (χ1) is 10.1. The van der Waals surface area contributed by atoms with Gasteiger partial charge in [0.2, 0.25) is 0 Å². The fourth-order valence-electron chi connectivity index (χ4n) is 2.17. The minimum Gasteiger partial charge on any atom is -0.496 e. The number of carbonyl (C=O) groups excluding carboxylic acids is 2. The molecule has 0 aromatic heterocycles. The summed E-state index contributed by atoms with van der Waals surface area (Å²) in [5, 5.41) is 5.63. The molecule has 1 unspecified atom stereocenters. The van der Waals surface area contributed by atoms with Crippen LogP contribution in [0.1, 0.15) is 25.5 Å². The Labute approximate surface area is 123 Å². The summed E-state index contributed by atoms with van der Waals surface area (Å²) < 4.78 is 10.2. The van der Waals surface area contributed by atoms with Crippen LogP contribution in [0, 0.1) is 0 Å². The van der Waals surface area contributed by atoms with Crippen molar-refractivity contribution in [1.82, 2.24) is 10.6 Å². The molecule has 21 heavy (non-hydrogen) atoms. The van der Waals surface area contributed by atoms with Crippen LogP contribution < -0.4 is 15.4 Å². The summed E-state index contributed by atoms with van der Waals surface area (Å²) in [7, 11) is 1.55. The van der Waals surface area contributed by atoms with Gasteiger partial charge in [-0.25, -0.2) is 4.79 Å². The van der Waals surface area contributed by atoms with E-state index in [4.69, 9.17) is 9.47 Å². The van der Waals surface area contributed by atoms with Crippen LogP contribution in [-0.2, 0) is 14.3 Å². The van der Waals surface area contributed by atoms with Crippen LogP contribution in [0.3, 0.4) is 0 Å². The van der Waals surface area contributed by atoms with Crippen molar-refractivity contribution in [3.8, 4) is 5.75 Å². The Bertz CT molecular complexity index is 595. The number of hydrogen-bond donors (Lipinski definition) is 2. The van der Waals surface area contributed by atoms with Crippen LogP contribution in [0.4, 0.5) is 0 Å². The summed E-state index contributed by atoms with van der Waals surface area (Å²) in [5.41, 5.74) is 1.41. The molecule has 1 atom stereocenters. The zero-order chi connectivity index (χ0) is 15.4. The first kappa shape index (κ1) is 14.9. The lowest BCUT2D eigenvalue weighted by molar-refractivity contribution is -0.140. The Balaban J connectivity index is 2.30. The Morgan fingerprint density at radius 3 is 2.71 bits per heavy atom. The van der Waals surface area contributed by atoms with Gasteiger partial charge < -0.3 is 20.1 Å². The van der Waals surface area contributed by atoms with E-state index in [-0.39, 0.29) is 18.2 Å². The number of methoxy groups -OCH3 is 1. The topological polar surface area (TPSA) is 76.7 Å². The van der Waals surface area contributed by atoms with E-state index in [2.05, 4.69) is 10.6 Å². The molecular weight excluding hydrogens is 272 g/mol. The molecule has 0 spiro atoms. The van der Waals surface area contributed by atoms with E-state index in [0.29, 0.717) is 17.0 Å². The summed E-state index contributed by atoms with van der Waals surface area (Å²) in [6.07, 6.45) is 0. The highest BCUT2D eigenvalue weighted by Gasteiger charge is 2.32. The fourth-order valence-corrected chi connectivity index (χ4v) is 2.17. The predicted molar refractivity (Wildman–Crippen MR) is 76.3 cm³/mol. The molecule has 2 N–H and O–H groups in total. The minimum atomic E-state index is -0.612. The number of nitrogens with one attached hydrogen (secondary N) is 2. The van der Waals surface area contributed by atoms with Crippen LogP contribution in [-0.4, -0.2) is 25.6 Å². The predicted octanol–water partition coefficient (Wildman–Crippen LogP) is 1.25. The fraction of sp³-hybridized carbons (Fsp3) is 0.333. The molecule has 6 nitrogen and oxygen atoms in total. The third kappa shape index (κ3) is 2.99. The number of benzene rings is 1. The van der Waals surface area contributed by atoms with Crippen LogP contribution in [0.5, 0.6) is 5.75 Å². The maximum Gasteiger partial charge on any atom is 0.356 e. The molecule has 6 heteroatoms. The van der Waals surface area contributed by atoms with Crippen molar-refractivity contribution in [2.24, 2.45) is 0 Å². The van der Waals surface area contributed by atoms with E-state index in [1.807, 2.05) is 12.1 Å². The van der Waals surface area contributed by atoms with Gasteiger partial charge in [0.25, 0.3) is 5.91 Å². The number of rotatable bonds is 4. The van der Waals surface area contributed by atoms with Crippen molar-refractivity contribution in [2.45, 2.75) is 19.9 Å². The number of hydrogen-bond acceptors (Lipinski definition) is 5. The van der Waals surface area contributed by atoms with E-state index < -0.39 is 12.0 Å². The van der Waals surface area contributed by atoms with E-state index >= 15 is 0 Å². The van der Waals surface area contributed by atoms with E-state index in [1.54, 1.807) is 33.1 Å². The largest absolute Gasteiger partial charge is 0.496 e. The third-order valence-electron chi connectivity index (χ3n) is 3.18. The standard InChI is InChI=1S/C15H18N2O4/c1-4-21-15(19)12-9(2)16-13(14(18)17-12)10-7-5-6-8-11(10)20-3/h5-8,13,16H,4H2,1-3H3,(H,17,18). The first-order valence-electron chi connectivity index (χ1n) is 6.66. The van der Waals surface area contributed by atoms with Gasteiger partial charge in [-0.1, -0.05) is 18.2 Å². The molecule has 1 amide bonds. The molecule has 0 saturated heterocycles. The number of carbonyl (C=O) groups is 2. The van der Waals surface area contributed by atoms with Crippen molar-refractivity contribution in [3.05, 3.63) is 41.2 Å². The van der Waals surface area contributed by atoms with E-state index in [9.17, 15) is 9.59 Å². The van der Waals surface area contributed by atoms with Gasteiger partial charge in [-0.3, -0.25) is 4.79 Å². The van der Waals surface area contributed by atoms with Crippen LogP contribution in [0.2, 0.25) is 0 Å². The number of ether oxygens (including phenoxy) is 2. The van der Waals surface area contributed by atoms with Gasteiger partial charge in [-0.15, -0.1) is 0 Å². The molecule has 1 aromatic carbocycles. The average Bonchev–Trinajstić information content (AvgIpc) is 2.49. The summed E-state index contributed by atoms with van der Waals surface area (Å²) in [4.78, 5) is 24.0. The molecule has 0 saturated carbocycles. The summed E-state index contributed by atoms with van der Waals surface area (Å²) in [6, 6.07) is 6.63. The van der Waals surface area contributed by atoms with Crippen molar-refractivity contribution in [3.63, 3.8) is 0 Å². The third-order valence-corrected chi connectivity index (χ3v) is 3.18. The lowest BCUT2D eigenvalue weighted by Crippen LogP contribution is -2.45. The Hall–Kier alpha value is -2.50. The highest BCUT2D eigenvalue weighted by Crippen LogP contribution is 2.28. The molecular formula is C15H18N2O4. The molecule has 1 aliphatic rings. The Morgan fingerprint density at radius 1 is 1.33 bits per heavy atom. The molecule has 0 aliphatic carbocycles. The van der Waals surface area contributed by atoms with Gasteiger partial charge >= 0.3 is 5.97 Å². The van der Waals surface area contributed by atoms with Crippen molar-refractivity contribution in [2.75, 3.05) is 13.7 Å². The highest BCUT2D eigenvalue weighted by atomic mass is 16.5. The maximum absolute atomic E-state index is 12.3. The second-order valence-corrected chi connectivity index (χ2v) is 4.53. The number of allylic oxidation sites excluding steroid dienone is 1. The lowest BCUT2D eigenvalue weighted by atomic mass is 10.0. The van der Waals surface area contributed by atoms with Crippen LogP contribution >= 0.6 is 0 Å². The van der Waals surface area contributed by atoms with Crippen molar-refractivity contribution >= 4 is 11.9 Å². The van der Waals surface area contributed by atoms with E-state index in [0.717, 1.165) is 0 Å². The Morgan fingerprint density at radius 2 is 2.05 bits per heavy atom. The number of amides is 1. The number of para-hydroxylation sites is 1. The van der Waals surface area contributed by atoms with Gasteiger partial charge in [0.1, 0.15) is 17.5 Å². The molecule has 0 radical (unpaired) electrons.